The average molecular weight is 174 g/mol. The normalized spacial score (nSPS) is 18.4. The van der Waals surface area contributed by atoms with E-state index < -0.39 is 0 Å². The smallest absolute Gasteiger partial charge is 0.303 e. The molecule has 0 saturated carbocycles. The molecule has 0 fully saturated rings. The molecule has 0 unspecified atom stereocenters. The monoisotopic (exact) mass is 174 g/mol. The molecular weight excluding hydrogens is 164 g/mol. The SMILES string of the molecule is CC(=O)O[C@H]1C=Cc2ccccc21. The third-order valence-electron chi connectivity index (χ3n) is 2.05. The lowest BCUT2D eigenvalue weighted by atomic mass is 10.1. The van der Waals surface area contributed by atoms with Gasteiger partial charge < -0.3 is 4.74 Å². The molecule has 13 heavy (non-hydrogen) atoms. The van der Waals surface area contributed by atoms with Gasteiger partial charge >= 0.3 is 5.97 Å². The minimum Gasteiger partial charge on any atom is -0.453 e. The van der Waals surface area contributed by atoms with Gasteiger partial charge in [0.2, 0.25) is 0 Å². The molecule has 0 heterocycles. The molecule has 2 heteroatoms. The summed E-state index contributed by atoms with van der Waals surface area (Å²) in [5, 5.41) is 0. The molecule has 1 aliphatic rings. The number of fused-ring (bicyclic) bond motifs is 1. The van der Waals surface area contributed by atoms with Crippen molar-refractivity contribution in [3.05, 3.63) is 41.5 Å². The zero-order chi connectivity index (χ0) is 9.26. The second-order valence-electron chi connectivity index (χ2n) is 3.02. The minimum atomic E-state index is -0.244. The standard InChI is InChI=1S/C11H10O2/c1-8(12)13-11-7-6-9-4-2-3-5-10(9)11/h2-7,11H,1H3/t11-/m0/s1. The van der Waals surface area contributed by atoms with Crippen LogP contribution in [0.4, 0.5) is 0 Å². The molecule has 0 bridgehead atoms. The second-order valence-corrected chi connectivity index (χ2v) is 3.02. The van der Waals surface area contributed by atoms with Crippen molar-refractivity contribution in [2.24, 2.45) is 0 Å². The number of hydrogen-bond donors (Lipinski definition) is 0. The van der Waals surface area contributed by atoms with Crippen LogP contribution in [-0.4, -0.2) is 5.97 Å². The van der Waals surface area contributed by atoms with Gasteiger partial charge in [0.25, 0.3) is 0 Å². The number of hydrogen-bond acceptors (Lipinski definition) is 2. The summed E-state index contributed by atoms with van der Waals surface area (Å²) in [7, 11) is 0. The molecule has 0 aromatic heterocycles. The summed E-state index contributed by atoms with van der Waals surface area (Å²) in [4.78, 5) is 10.8. The Labute approximate surface area is 76.8 Å². The highest BCUT2D eigenvalue weighted by molar-refractivity contribution is 5.69. The third kappa shape index (κ3) is 1.47. The Hall–Kier alpha value is -1.57. The third-order valence-corrected chi connectivity index (χ3v) is 2.05. The highest BCUT2D eigenvalue weighted by Crippen LogP contribution is 2.30. The second kappa shape index (κ2) is 3.05. The molecule has 0 saturated heterocycles. The summed E-state index contributed by atoms with van der Waals surface area (Å²) in [6.45, 7) is 1.43. The molecule has 0 aliphatic heterocycles. The van der Waals surface area contributed by atoms with Crippen LogP contribution >= 0.6 is 0 Å². The van der Waals surface area contributed by atoms with Crippen molar-refractivity contribution >= 4 is 12.0 Å². The molecule has 1 aliphatic carbocycles. The average Bonchev–Trinajstić information content (AvgIpc) is 2.48. The van der Waals surface area contributed by atoms with Crippen molar-refractivity contribution in [3.63, 3.8) is 0 Å². The van der Waals surface area contributed by atoms with Crippen LogP contribution in [0.1, 0.15) is 24.2 Å². The van der Waals surface area contributed by atoms with E-state index in [1.807, 2.05) is 36.4 Å². The van der Waals surface area contributed by atoms with Gasteiger partial charge in [0.1, 0.15) is 6.10 Å². The zero-order valence-corrected chi connectivity index (χ0v) is 7.36. The van der Waals surface area contributed by atoms with Gasteiger partial charge in [-0.3, -0.25) is 4.79 Å². The number of ether oxygens (including phenoxy) is 1. The molecule has 2 nitrogen and oxygen atoms in total. The Morgan fingerprint density at radius 3 is 2.92 bits per heavy atom. The van der Waals surface area contributed by atoms with Crippen LogP contribution in [0.25, 0.3) is 6.08 Å². The van der Waals surface area contributed by atoms with Crippen molar-refractivity contribution in [1.82, 2.24) is 0 Å². The van der Waals surface area contributed by atoms with Crippen molar-refractivity contribution in [3.8, 4) is 0 Å². The summed E-state index contributed by atoms with van der Waals surface area (Å²) in [6.07, 6.45) is 3.68. The topological polar surface area (TPSA) is 26.3 Å². The largest absolute Gasteiger partial charge is 0.453 e. The number of esters is 1. The van der Waals surface area contributed by atoms with Crippen LogP contribution in [0.15, 0.2) is 30.3 Å². The van der Waals surface area contributed by atoms with Gasteiger partial charge in [-0.25, -0.2) is 0 Å². The zero-order valence-electron chi connectivity index (χ0n) is 7.36. The lowest BCUT2D eigenvalue weighted by Crippen LogP contribution is -2.04. The molecular formula is C11H10O2. The van der Waals surface area contributed by atoms with E-state index in [1.54, 1.807) is 0 Å². The van der Waals surface area contributed by atoms with Crippen LogP contribution < -0.4 is 0 Å². The van der Waals surface area contributed by atoms with E-state index in [4.69, 9.17) is 4.74 Å². The van der Waals surface area contributed by atoms with E-state index in [9.17, 15) is 4.79 Å². The predicted octanol–water partition coefficient (Wildman–Crippen LogP) is 2.32. The number of carbonyl (C=O) groups is 1. The Morgan fingerprint density at radius 1 is 1.38 bits per heavy atom. The maximum Gasteiger partial charge on any atom is 0.303 e. The molecule has 0 radical (unpaired) electrons. The first-order valence-corrected chi connectivity index (χ1v) is 4.22. The quantitative estimate of drug-likeness (QED) is 0.611. The number of rotatable bonds is 1. The molecule has 0 spiro atoms. The van der Waals surface area contributed by atoms with Gasteiger partial charge in [-0.2, -0.15) is 0 Å². The first kappa shape index (κ1) is 8.05. The molecule has 1 aromatic rings. The first-order valence-electron chi connectivity index (χ1n) is 4.22. The first-order chi connectivity index (χ1) is 6.27. The van der Waals surface area contributed by atoms with E-state index in [2.05, 4.69) is 0 Å². The van der Waals surface area contributed by atoms with Gasteiger partial charge in [-0.05, 0) is 11.6 Å². The highest BCUT2D eigenvalue weighted by Gasteiger charge is 2.18. The van der Waals surface area contributed by atoms with Gasteiger partial charge in [0.05, 0.1) is 0 Å². The fraction of sp³-hybridized carbons (Fsp3) is 0.182. The molecule has 0 N–H and O–H groups in total. The Balaban J connectivity index is 2.28. The maximum atomic E-state index is 10.8. The molecule has 1 aromatic carbocycles. The van der Waals surface area contributed by atoms with E-state index in [1.165, 1.54) is 6.92 Å². The van der Waals surface area contributed by atoms with Crippen molar-refractivity contribution in [1.29, 1.82) is 0 Å². The van der Waals surface area contributed by atoms with Crippen LogP contribution in [-0.2, 0) is 9.53 Å². The van der Waals surface area contributed by atoms with E-state index in [0.717, 1.165) is 11.1 Å². The van der Waals surface area contributed by atoms with Gasteiger partial charge in [-0.1, -0.05) is 30.3 Å². The molecule has 0 amide bonds. The Morgan fingerprint density at radius 2 is 2.15 bits per heavy atom. The van der Waals surface area contributed by atoms with Crippen LogP contribution in [0.3, 0.4) is 0 Å². The van der Waals surface area contributed by atoms with E-state index >= 15 is 0 Å². The summed E-state index contributed by atoms with van der Waals surface area (Å²) < 4.78 is 5.11. The Kier molecular flexibility index (Phi) is 1.89. The maximum absolute atomic E-state index is 10.8. The lowest BCUT2D eigenvalue weighted by Gasteiger charge is -2.10. The fourth-order valence-corrected chi connectivity index (χ4v) is 1.50. The predicted molar refractivity (Wildman–Crippen MR) is 50.0 cm³/mol. The highest BCUT2D eigenvalue weighted by atomic mass is 16.5. The van der Waals surface area contributed by atoms with Crippen LogP contribution in [0.5, 0.6) is 0 Å². The van der Waals surface area contributed by atoms with Crippen molar-refractivity contribution in [2.75, 3.05) is 0 Å². The van der Waals surface area contributed by atoms with E-state index in [0.29, 0.717) is 0 Å². The number of carbonyl (C=O) groups excluding carboxylic acids is 1. The van der Waals surface area contributed by atoms with Gasteiger partial charge in [-0.15, -0.1) is 0 Å². The van der Waals surface area contributed by atoms with Crippen LogP contribution in [0, 0.1) is 0 Å². The summed E-state index contributed by atoms with van der Waals surface area (Å²) >= 11 is 0. The van der Waals surface area contributed by atoms with Gasteiger partial charge in [0.15, 0.2) is 0 Å². The molecule has 66 valence electrons. The fourth-order valence-electron chi connectivity index (χ4n) is 1.50. The van der Waals surface area contributed by atoms with E-state index in [-0.39, 0.29) is 12.1 Å². The van der Waals surface area contributed by atoms with Crippen molar-refractivity contribution in [2.45, 2.75) is 13.0 Å². The minimum absolute atomic E-state index is 0.186. The van der Waals surface area contributed by atoms with Gasteiger partial charge in [0, 0.05) is 12.5 Å². The Bertz CT molecular complexity index is 366. The van der Waals surface area contributed by atoms with Crippen LogP contribution in [0.2, 0.25) is 0 Å². The van der Waals surface area contributed by atoms with Crippen molar-refractivity contribution < 1.29 is 9.53 Å². The molecule has 2 rings (SSSR count). The summed E-state index contributed by atoms with van der Waals surface area (Å²) in [5.41, 5.74) is 2.20. The number of benzene rings is 1. The summed E-state index contributed by atoms with van der Waals surface area (Å²) in [5.74, 6) is -0.244. The summed E-state index contributed by atoms with van der Waals surface area (Å²) in [6, 6.07) is 7.90. The molecule has 1 atom stereocenters. The lowest BCUT2D eigenvalue weighted by molar-refractivity contribution is -0.144.